The maximum absolute atomic E-state index is 14.1. The minimum absolute atomic E-state index is 0.210. The average molecular weight is 644 g/mol. The van der Waals surface area contributed by atoms with Gasteiger partial charge in [-0.2, -0.15) is 0 Å². The summed E-state index contributed by atoms with van der Waals surface area (Å²) in [7, 11) is 0. The molecule has 2 fully saturated rings. The molecule has 3 amide bonds. The van der Waals surface area contributed by atoms with Gasteiger partial charge in [0.15, 0.2) is 6.61 Å². The zero-order valence-corrected chi connectivity index (χ0v) is 25.3. The first-order valence-electron chi connectivity index (χ1n) is 13.6. The molecule has 6 rings (SSSR count). The molecular weight excluding hydrogens is 618 g/mol. The number of aromatic nitrogens is 1. The van der Waals surface area contributed by atoms with Crippen LogP contribution in [0.2, 0.25) is 5.02 Å². The molecule has 3 atom stereocenters. The standard InChI is InChI=1S/C29H26ClN3O8S2/c1-2-40-28(37)15-3-6-17(7-4-15)33-26(35)22-21(23-25(31-29(38)43-23)42-24(22)27(33)36)18-13-16(30)5-8-19(18)41-14-20(34)32-9-11-39-12-10-32/h3-8,13,21-22,24H,2,9-12,14H2,1H3,(H,31,38)/t21-,22?,24?/m1/s1. The summed E-state index contributed by atoms with van der Waals surface area (Å²) < 4.78 is 16.4. The number of carbonyl (C=O) groups excluding carboxylic acids is 4. The van der Waals surface area contributed by atoms with Crippen molar-refractivity contribution in [2.75, 3.05) is 44.4 Å². The van der Waals surface area contributed by atoms with E-state index in [1.165, 1.54) is 24.3 Å². The third-order valence-corrected chi connectivity index (χ3v) is 10.1. The highest BCUT2D eigenvalue weighted by molar-refractivity contribution is 8.00. The molecule has 3 aromatic rings. The summed E-state index contributed by atoms with van der Waals surface area (Å²) in [5.74, 6) is -2.94. The Morgan fingerprint density at radius 2 is 1.81 bits per heavy atom. The van der Waals surface area contributed by atoms with Gasteiger partial charge in [-0.1, -0.05) is 34.7 Å². The van der Waals surface area contributed by atoms with Crippen LogP contribution in [0.5, 0.6) is 5.75 Å². The fraction of sp³-hybridized carbons (Fsp3) is 0.345. The second kappa shape index (κ2) is 12.2. The number of esters is 1. The van der Waals surface area contributed by atoms with Crippen molar-refractivity contribution in [1.29, 1.82) is 0 Å². The number of H-pyrrole nitrogens is 1. The van der Waals surface area contributed by atoms with Crippen LogP contribution >= 0.6 is 34.7 Å². The number of halogens is 1. The number of nitrogens with zero attached hydrogens (tertiary/aromatic N) is 2. The Bertz CT molecular complexity index is 1650. The van der Waals surface area contributed by atoms with Crippen LogP contribution in [0.25, 0.3) is 0 Å². The van der Waals surface area contributed by atoms with Crippen molar-refractivity contribution >= 4 is 64.1 Å². The first-order valence-corrected chi connectivity index (χ1v) is 15.7. The predicted molar refractivity (Wildman–Crippen MR) is 159 cm³/mol. The van der Waals surface area contributed by atoms with Gasteiger partial charge in [-0.05, 0) is 49.4 Å². The first-order chi connectivity index (χ1) is 20.8. The van der Waals surface area contributed by atoms with Crippen LogP contribution in [0.1, 0.15) is 33.6 Å². The van der Waals surface area contributed by atoms with E-state index in [2.05, 4.69) is 4.98 Å². The summed E-state index contributed by atoms with van der Waals surface area (Å²) in [6, 6.07) is 11.0. The molecule has 1 N–H and O–H groups in total. The van der Waals surface area contributed by atoms with Crippen LogP contribution < -0.4 is 14.5 Å². The number of anilines is 1. The van der Waals surface area contributed by atoms with E-state index >= 15 is 0 Å². The van der Waals surface area contributed by atoms with Gasteiger partial charge >= 0.3 is 10.8 Å². The van der Waals surface area contributed by atoms with E-state index in [9.17, 15) is 24.0 Å². The molecule has 2 unspecified atom stereocenters. The SMILES string of the molecule is CCOC(=O)c1ccc(N2C(=O)C3Sc4[nH]c(=O)sc4[C@H](c4cc(Cl)ccc4OCC(=O)N4CCOCC4)C3C2=O)cc1. The monoisotopic (exact) mass is 643 g/mol. The lowest BCUT2D eigenvalue weighted by molar-refractivity contribution is -0.137. The third kappa shape index (κ3) is 5.57. The maximum atomic E-state index is 14.1. The molecule has 11 nitrogen and oxygen atoms in total. The number of ether oxygens (including phenoxy) is 3. The number of aromatic amines is 1. The van der Waals surface area contributed by atoms with E-state index in [1.54, 1.807) is 30.0 Å². The van der Waals surface area contributed by atoms with Gasteiger partial charge in [-0.3, -0.25) is 19.2 Å². The zero-order valence-electron chi connectivity index (χ0n) is 22.9. The molecule has 3 aliphatic rings. The van der Waals surface area contributed by atoms with Gasteiger partial charge in [-0.25, -0.2) is 9.69 Å². The minimum atomic E-state index is -0.892. The zero-order chi connectivity index (χ0) is 30.2. The molecule has 0 bridgehead atoms. The molecule has 224 valence electrons. The number of nitrogens with one attached hydrogen (secondary N) is 1. The fourth-order valence-electron chi connectivity index (χ4n) is 5.50. The second-order valence-corrected chi connectivity index (χ2v) is 12.6. The first kappa shape index (κ1) is 29.4. The van der Waals surface area contributed by atoms with Crippen LogP contribution in [0, 0.1) is 5.92 Å². The Morgan fingerprint density at radius 1 is 1.07 bits per heavy atom. The number of fused-ring (bicyclic) bond motifs is 2. The number of imide groups is 1. The molecule has 0 saturated carbocycles. The summed E-state index contributed by atoms with van der Waals surface area (Å²) in [4.78, 5) is 71.2. The maximum Gasteiger partial charge on any atom is 0.338 e. The van der Waals surface area contributed by atoms with Crippen molar-refractivity contribution in [1.82, 2.24) is 9.88 Å². The van der Waals surface area contributed by atoms with Gasteiger partial charge in [0, 0.05) is 34.5 Å². The molecule has 2 aromatic carbocycles. The number of hydrogen-bond donors (Lipinski definition) is 1. The lowest BCUT2D eigenvalue weighted by Crippen LogP contribution is -2.43. The van der Waals surface area contributed by atoms with Gasteiger partial charge in [0.2, 0.25) is 11.8 Å². The molecule has 0 radical (unpaired) electrons. The number of thioether (sulfide) groups is 1. The highest BCUT2D eigenvalue weighted by Gasteiger charge is 2.57. The number of amides is 3. The molecule has 14 heteroatoms. The lowest BCUT2D eigenvalue weighted by Gasteiger charge is -2.31. The summed E-state index contributed by atoms with van der Waals surface area (Å²) in [6.45, 7) is 3.51. The van der Waals surface area contributed by atoms with Crippen LogP contribution in [0.15, 0.2) is 52.3 Å². The number of morpholine rings is 1. The highest BCUT2D eigenvalue weighted by atomic mass is 35.5. The van der Waals surface area contributed by atoms with E-state index in [-0.39, 0.29) is 24.0 Å². The van der Waals surface area contributed by atoms with Gasteiger partial charge in [0.1, 0.15) is 11.0 Å². The van der Waals surface area contributed by atoms with Crippen LogP contribution in [0.3, 0.4) is 0 Å². The number of benzene rings is 2. The summed E-state index contributed by atoms with van der Waals surface area (Å²) >= 11 is 8.53. The van der Waals surface area contributed by atoms with Crippen LogP contribution in [-0.4, -0.2) is 78.3 Å². The largest absolute Gasteiger partial charge is 0.483 e. The summed E-state index contributed by atoms with van der Waals surface area (Å²) in [5.41, 5.74) is 1.10. The van der Waals surface area contributed by atoms with E-state index in [0.717, 1.165) is 28.0 Å². The summed E-state index contributed by atoms with van der Waals surface area (Å²) in [5, 5.41) is 0.0169. The van der Waals surface area contributed by atoms with Gasteiger partial charge < -0.3 is 24.1 Å². The molecular formula is C29H26ClN3O8S2. The molecule has 0 aliphatic carbocycles. The van der Waals surface area contributed by atoms with E-state index < -0.39 is 34.9 Å². The molecule has 43 heavy (non-hydrogen) atoms. The smallest absolute Gasteiger partial charge is 0.338 e. The van der Waals surface area contributed by atoms with Gasteiger partial charge in [0.25, 0.3) is 5.91 Å². The number of hydrogen-bond acceptors (Lipinski definition) is 10. The predicted octanol–water partition coefficient (Wildman–Crippen LogP) is 3.30. The van der Waals surface area contributed by atoms with Crippen molar-refractivity contribution in [3.63, 3.8) is 0 Å². The minimum Gasteiger partial charge on any atom is -0.483 e. The number of carbonyl (C=O) groups is 4. The Balaban J connectivity index is 1.35. The van der Waals surface area contributed by atoms with E-state index in [1.807, 2.05) is 0 Å². The van der Waals surface area contributed by atoms with Crippen molar-refractivity contribution < 1.29 is 33.4 Å². The molecule has 2 saturated heterocycles. The third-order valence-electron chi connectivity index (χ3n) is 7.48. The fourth-order valence-corrected chi connectivity index (χ4v) is 8.19. The number of thiazole rings is 1. The van der Waals surface area contributed by atoms with E-state index in [0.29, 0.717) is 63.8 Å². The second-order valence-electron chi connectivity index (χ2n) is 9.99. The molecule has 1 aromatic heterocycles. The van der Waals surface area contributed by atoms with Crippen molar-refractivity contribution in [2.24, 2.45) is 5.92 Å². The Labute approximate surface area is 259 Å². The van der Waals surface area contributed by atoms with Crippen LogP contribution in [0.4, 0.5) is 5.69 Å². The Morgan fingerprint density at radius 3 is 2.53 bits per heavy atom. The topological polar surface area (TPSA) is 135 Å². The van der Waals surface area contributed by atoms with Crippen molar-refractivity contribution in [3.8, 4) is 5.75 Å². The lowest BCUT2D eigenvalue weighted by atomic mass is 9.82. The van der Waals surface area contributed by atoms with Crippen molar-refractivity contribution in [3.05, 3.63) is 73.2 Å². The highest BCUT2D eigenvalue weighted by Crippen LogP contribution is 2.54. The molecule has 0 spiro atoms. The normalized spacial score (nSPS) is 21.4. The Kier molecular flexibility index (Phi) is 8.32. The number of rotatable bonds is 7. The van der Waals surface area contributed by atoms with Gasteiger partial charge in [0.05, 0.1) is 42.0 Å². The van der Waals surface area contributed by atoms with Gasteiger partial charge in [-0.15, -0.1) is 0 Å². The van der Waals surface area contributed by atoms with E-state index in [4.69, 9.17) is 25.8 Å². The summed E-state index contributed by atoms with van der Waals surface area (Å²) in [6.07, 6.45) is 0. The average Bonchev–Trinajstić information content (AvgIpc) is 3.50. The Hall–Kier alpha value is -3.65. The molecule has 4 heterocycles. The van der Waals surface area contributed by atoms with Crippen molar-refractivity contribution in [2.45, 2.75) is 23.1 Å². The quantitative estimate of drug-likeness (QED) is 0.304. The molecule has 3 aliphatic heterocycles. The van der Waals surface area contributed by atoms with Crippen LogP contribution in [-0.2, 0) is 23.9 Å².